The molecule has 0 spiro atoms. The molecule has 3 aromatic rings. The molecule has 22 heavy (non-hydrogen) atoms. The van der Waals surface area contributed by atoms with Crippen LogP contribution in [0.5, 0.6) is 0 Å². The van der Waals surface area contributed by atoms with Gasteiger partial charge in [-0.3, -0.25) is 4.68 Å². The maximum Gasteiger partial charge on any atom is 0.249 e. The molecule has 1 N–H and O–H groups in total. The van der Waals surface area contributed by atoms with Gasteiger partial charge in [0.1, 0.15) is 6.04 Å². The topological polar surface area (TPSA) is 68.8 Å². The Morgan fingerprint density at radius 1 is 1.32 bits per heavy atom. The van der Waals surface area contributed by atoms with Gasteiger partial charge in [0.05, 0.1) is 11.9 Å². The van der Waals surface area contributed by atoms with Crippen molar-refractivity contribution in [1.29, 1.82) is 0 Å². The lowest BCUT2D eigenvalue weighted by atomic mass is 10.2. The fourth-order valence-corrected chi connectivity index (χ4v) is 2.18. The highest BCUT2D eigenvalue weighted by Crippen LogP contribution is 2.22. The third-order valence-corrected chi connectivity index (χ3v) is 3.51. The van der Waals surface area contributed by atoms with E-state index in [4.69, 9.17) is 16.1 Å². The molecule has 0 aliphatic heterocycles. The number of aryl methyl sites for hydroxylation is 1. The highest BCUT2D eigenvalue weighted by atomic mass is 35.5. The lowest BCUT2D eigenvalue weighted by molar-refractivity contribution is 0.368. The van der Waals surface area contributed by atoms with Gasteiger partial charge in [-0.1, -0.05) is 16.8 Å². The zero-order chi connectivity index (χ0) is 15.5. The number of aromatic nitrogens is 4. The molecule has 6 nitrogen and oxygen atoms in total. The van der Waals surface area contributed by atoms with Gasteiger partial charge in [-0.2, -0.15) is 10.1 Å². The zero-order valence-corrected chi connectivity index (χ0v) is 13.1. The van der Waals surface area contributed by atoms with Crippen LogP contribution in [-0.4, -0.2) is 19.9 Å². The van der Waals surface area contributed by atoms with Crippen molar-refractivity contribution in [2.24, 2.45) is 0 Å². The van der Waals surface area contributed by atoms with Crippen molar-refractivity contribution >= 4 is 17.3 Å². The van der Waals surface area contributed by atoms with Crippen molar-refractivity contribution in [1.82, 2.24) is 19.9 Å². The van der Waals surface area contributed by atoms with Gasteiger partial charge >= 0.3 is 0 Å². The fraction of sp³-hybridized carbons (Fsp3) is 0.267. The Labute approximate surface area is 133 Å². The van der Waals surface area contributed by atoms with E-state index in [1.54, 1.807) is 18.3 Å². The average molecular weight is 318 g/mol. The van der Waals surface area contributed by atoms with Gasteiger partial charge < -0.3 is 9.84 Å². The molecule has 0 amide bonds. The van der Waals surface area contributed by atoms with E-state index in [0.717, 1.165) is 17.8 Å². The van der Waals surface area contributed by atoms with Crippen LogP contribution in [0, 0.1) is 0 Å². The van der Waals surface area contributed by atoms with Crippen molar-refractivity contribution in [2.75, 3.05) is 5.32 Å². The first-order valence-electron chi connectivity index (χ1n) is 7.04. The maximum atomic E-state index is 5.88. The standard InChI is InChI=1S/C15H16ClN5O/c1-3-21-9-13(8-17-21)18-10(2)15-19-14(20-22-15)11-4-6-12(16)7-5-11/h4-10,18H,3H2,1-2H3. The number of nitrogens with zero attached hydrogens (tertiary/aromatic N) is 4. The molecule has 0 aliphatic rings. The van der Waals surface area contributed by atoms with Crippen molar-refractivity contribution in [3.8, 4) is 11.4 Å². The largest absolute Gasteiger partial charge is 0.371 e. The number of nitrogens with one attached hydrogen (secondary N) is 1. The molecule has 0 fully saturated rings. The molecule has 0 saturated heterocycles. The molecule has 0 saturated carbocycles. The van der Waals surface area contributed by atoms with Crippen LogP contribution in [0.25, 0.3) is 11.4 Å². The normalized spacial score (nSPS) is 12.3. The number of rotatable bonds is 5. The minimum Gasteiger partial charge on any atom is -0.371 e. The Hall–Kier alpha value is -2.34. The number of hydrogen-bond donors (Lipinski definition) is 1. The molecule has 1 unspecified atom stereocenters. The van der Waals surface area contributed by atoms with Gasteiger partial charge in [-0.05, 0) is 38.1 Å². The molecular formula is C15H16ClN5O. The van der Waals surface area contributed by atoms with Crippen LogP contribution in [0.4, 0.5) is 5.69 Å². The van der Waals surface area contributed by atoms with Crippen molar-refractivity contribution in [3.63, 3.8) is 0 Å². The molecule has 7 heteroatoms. The Morgan fingerprint density at radius 2 is 2.09 bits per heavy atom. The summed E-state index contributed by atoms with van der Waals surface area (Å²) in [4.78, 5) is 4.42. The molecule has 1 aromatic carbocycles. The zero-order valence-electron chi connectivity index (χ0n) is 12.3. The summed E-state index contributed by atoms with van der Waals surface area (Å²) in [6.07, 6.45) is 3.71. The monoisotopic (exact) mass is 317 g/mol. The Balaban J connectivity index is 1.73. The van der Waals surface area contributed by atoms with Crippen LogP contribution in [-0.2, 0) is 6.54 Å². The van der Waals surface area contributed by atoms with Crippen LogP contribution >= 0.6 is 11.6 Å². The molecule has 3 rings (SSSR count). The van der Waals surface area contributed by atoms with Gasteiger partial charge in [0.25, 0.3) is 0 Å². The lowest BCUT2D eigenvalue weighted by Gasteiger charge is -2.07. The van der Waals surface area contributed by atoms with Gasteiger partial charge in [-0.15, -0.1) is 0 Å². The van der Waals surface area contributed by atoms with Crippen LogP contribution in [0.2, 0.25) is 5.02 Å². The van der Waals surface area contributed by atoms with Crippen LogP contribution in [0.3, 0.4) is 0 Å². The third kappa shape index (κ3) is 3.12. The molecule has 0 radical (unpaired) electrons. The van der Waals surface area contributed by atoms with Gasteiger partial charge in [-0.25, -0.2) is 0 Å². The Bertz CT molecular complexity index is 749. The first-order chi connectivity index (χ1) is 10.7. The predicted octanol–water partition coefficient (Wildman–Crippen LogP) is 3.78. The summed E-state index contributed by atoms with van der Waals surface area (Å²) in [5.41, 5.74) is 1.78. The minimum absolute atomic E-state index is 0.108. The molecule has 0 aliphatic carbocycles. The lowest BCUT2D eigenvalue weighted by Crippen LogP contribution is -2.06. The highest BCUT2D eigenvalue weighted by molar-refractivity contribution is 6.30. The van der Waals surface area contributed by atoms with E-state index in [1.165, 1.54) is 0 Å². The second-order valence-electron chi connectivity index (χ2n) is 4.91. The maximum absolute atomic E-state index is 5.88. The van der Waals surface area contributed by atoms with Crippen LogP contribution < -0.4 is 5.32 Å². The van der Waals surface area contributed by atoms with Crippen molar-refractivity contribution in [2.45, 2.75) is 26.4 Å². The van der Waals surface area contributed by atoms with Crippen molar-refractivity contribution < 1.29 is 4.52 Å². The van der Waals surface area contributed by atoms with Crippen LogP contribution in [0.1, 0.15) is 25.8 Å². The first kappa shape index (κ1) is 14.6. The van der Waals surface area contributed by atoms with E-state index in [-0.39, 0.29) is 6.04 Å². The van der Waals surface area contributed by atoms with Gasteiger partial charge in [0.15, 0.2) is 0 Å². The molecule has 2 heterocycles. The summed E-state index contributed by atoms with van der Waals surface area (Å²) in [6, 6.07) is 7.21. The fourth-order valence-electron chi connectivity index (χ4n) is 2.05. The smallest absolute Gasteiger partial charge is 0.249 e. The summed E-state index contributed by atoms with van der Waals surface area (Å²) in [5.74, 6) is 1.07. The molecular weight excluding hydrogens is 302 g/mol. The number of halogens is 1. The third-order valence-electron chi connectivity index (χ3n) is 3.25. The summed E-state index contributed by atoms with van der Waals surface area (Å²) < 4.78 is 7.18. The average Bonchev–Trinajstić information content (AvgIpc) is 3.17. The molecule has 114 valence electrons. The molecule has 1 atom stereocenters. The van der Waals surface area contributed by atoms with E-state index in [9.17, 15) is 0 Å². The van der Waals surface area contributed by atoms with E-state index >= 15 is 0 Å². The number of hydrogen-bond acceptors (Lipinski definition) is 5. The van der Waals surface area contributed by atoms with E-state index in [1.807, 2.05) is 36.9 Å². The first-order valence-corrected chi connectivity index (χ1v) is 7.42. The second-order valence-corrected chi connectivity index (χ2v) is 5.35. The highest BCUT2D eigenvalue weighted by Gasteiger charge is 2.15. The molecule has 0 bridgehead atoms. The van der Waals surface area contributed by atoms with Gasteiger partial charge in [0.2, 0.25) is 11.7 Å². The van der Waals surface area contributed by atoms with Crippen LogP contribution in [0.15, 0.2) is 41.2 Å². The summed E-state index contributed by atoms with van der Waals surface area (Å²) >= 11 is 5.88. The summed E-state index contributed by atoms with van der Waals surface area (Å²) in [7, 11) is 0. The van der Waals surface area contributed by atoms with E-state index in [2.05, 4.69) is 20.6 Å². The van der Waals surface area contributed by atoms with E-state index in [0.29, 0.717) is 16.7 Å². The molecule has 2 aromatic heterocycles. The van der Waals surface area contributed by atoms with E-state index < -0.39 is 0 Å². The quantitative estimate of drug-likeness (QED) is 0.775. The Kier molecular flexibility index (Phi) is 4.11. The minimum atomic E-state index is -0.108. The van der Waals surface area contributed by atoms with Gasteiger partial charge in [0, 0.05) is 23.3 Å². The van der Waals surface area contributed by atoms with Crippen molar-refractivity contribution in [3.05, 3.63) is 47.6 Å². The number of anilines is 1. The summed E-state index contributed by atoms with van der Waals surface area (Å²) in [6.45, 7) is 4.83. The number of benzene rings is 1. The Morgan fingerprint density at radius 3 is 2.77 bits per heavy atom. The predicted molar refractivity (Wildman–Crippen MR) is 84.7 cm³/mol. The SMILES string of the molecule is CCn1cc(NC(C)c2nc(-c3ccc(Cl)cc3)no2)cn1. The summed E-state index contributed by atoms with van der Waals surface area (Å²) in [5, 5.41) is 12.2. The second kappa shape index (κ2) is 6.19.